The average Bonchev–Trinajstić information content (AvgIpc) is 2.65. The summed E-state index contributed by atoms with van der Waals surface area (Å²) in [6.45, 7) is -1.10. The fourth-order valence-electron chi connectivity index (χ4n) is 3.44. The lowest BCUT2D eigenvalue weighted by molar-refractivity contribution is -0.188. The van der Waals surface area contributed by atoms with Gasteiger partial charge in [-0.2, -0.15) is 13.2 Å². The Hall–Kier alpha value is -0.290. The molecule has 0 aliphatic heterocycles. The molecule has 2 rings (SSSR count). The first-order valence-electron chi connectivity index (χ1n) is 7.97. The van der Waals surface area contributed by atoms with E-state index >= 15 is 0 Å². The van der Waals surface area contributed by atoms with Crippen molar-refractivity contribution in [2.24, 2.45) is 0 Å². The molecule has 20 heavy (non-hydrogen) atoms. The third-order valence-electron chi connectivity index (χ3n) is 4.44. The standard InChI is InChI=1S/C15H26F3NO/c16-15(17,18)11-20-14-9-5-8-13(10-14)19-12-6-3-1-2-4-7-12/h12-14,19H,1-11H2. The van der Waals surface area contributed by atoms with Gasteiger partial charge in [0.2, 0.25) is 0 Å². The van der Waals surface area contributed by atoms with Gasteiger partial charge in [0.05, 0.1) is 6.10 Å². The van der Waals surface area contributed by atoms with Crippen molar-refractivity contribution in [2.75, 3.05) is 6.61 Å². The van der Waals surface area contributed by atoms with Gasteiger partial charge in [-0.25, -0.2) is 0 Å². The molecule has 0 bridgehead atoms. The van der Waals surface area contributed by atoms with Crippen LogP contribution in [0, 0.1) is 0 Å². The number of halogens is 3. The molecule has 0 aromatic heterocycles. The smallest absolute Gasteiger partial charge is 0.369 e. The van der Waals surface area contributed by atoms with Crippen LogP contribution < -0.4 is 5.32 Å². The molecule has 0 radical (unpaired) electrons. The maximum absolute atomic E-state index is 12.2. The minimum atomic E-state index is -4.21. The zero-order valence-corrected chi connectivity index (χ0v) is 12.1. The fourth-order valence-corrected chi connectivity index (χ4v) is 3.44. The zero-order valence-electron chi connectivity index (χ0n) is 12.1. The van der Waals surface area contributed by atoms with Crippen LogP contribution in [0.3, 0.4) is 0 Å². The summed E-state index contributed by atoms with van der Waals surface area (Å²) in [7, 11) is 0. The molecular weight excluding hydrogens is 267 g/mol. The number of nitrogens with one attached hydrogen (secondary N) is 1. The summed E-state index contributed by atoms with van der Waals surface area (Å²) in [4.78, 5) is 0. The Morgan fingerprint density at radius 2 is 1.50 bits per heavy atom. The van der Waals surface area contributed by atoms with Crippen molar-refractivity contribution in [3.05, 3.63) is 0 Å². The molecule has 5 heteroatoms. The molecule has 2 unspecified atom stereocenters. The van der Waals surface area contributed by atoms with Gasteiger partial charge in [-0.15, -0.1) is 0 Å². The van der Waals surface area contributed by atoms with Gasteiger partial charge in [-0.1, -0.05) is 25.7 Å². The lowest BCUT2D eigenvalue weighted by atomic mass is 9.91. The normalized spacial score (nSPS) is 30.1. The number of alkyl halides is 3. The molecule has 0 heterocycles. The summed E-state index contributed by atoms with van der Waals surface area (Å²) in [6, 6.07) is 0.897. The molecule has 2 nitrogen and oxygen atoms in total. The largest absolute Gasteiger partial charge is 0.411 e. The molecule has 0 amide bonds. The minimum Gasteiger partial charge on any atom is -0.369 e. The highest BCUT2D eigenvalue weighted by Crippen LogP contribution is 2.26. The summed E-state index contributed by atoms with van der Waals surface area (Å²) in [6.07, 6.45) is 6.71. The summed E-state index contributed by atoms with van der Waals surface area (Å²) in [5.41, 5.74) is 0. The number of rotatable bonds is 4. The molecule has 2 saturated carbocycles. The molecule has 0 aromatic rings. The predicted octanol–water partition coefficient (Wildman–Crippen LogP) is 4.19. The van der Waals surface area contributed by atoms with Gasteiger partial charge in [-0.3, -0.25) is 0 Å². The van der Waals surface area contributed by atoms with E-state index < -0.39 is 12.8 Å². The van der Waals surface area contributed by atoms with Crippen molar-refractivity contribution in [3.63, 3.8) is 0 Å². The second-order valence-electron chi connectivity index (χ2n) is 6.27. The Kier molecular flexibility index (Phi) is 6.15. The van der Waals surface area contributed by atoms with E-state index in [4.69, 9.17) is 4.74 Å². The van der Waals surface area contributed by atoms with E-state index in [0.29, 0.717) is 12.1 Å². The summed E-state index contributed by atoms with van der Waals surface area (Å²) in [5.74, 6) is 0. The van der Waals surface area contributed by atoms with Crippen LogP contribution in [-0.2, 0) is 4.74 Å². The molecule has 118 valence electrons. The lowest BCUT2D eigenvalue weighted by Gasteiger charge is -2.32. The van der Waals surface area contributed by atoms with Gasteiger partial charge in [0.15, 0.2) is 0 Å². The quantitative estimate of drug-likeness (QED) is 0.785. The van der Waals surface area contributed by atoms with Crippen molar-refractivity contribution in [1.29, 1.82) is 0 Å². The molecular formula is C15H26F3NO. The first kappa shape index (κ1) is 16.1. The molecule has 2 aliphatic carbocycles. The summed E-state index contributed by atoms with van der Waals surface area (Å²) < 4.78 is 41.6. The van der Waals surface area contributed by atoms with E-state index in [1.54, 1.807) is 0 Å². The van der Waals surface area contributed by atoms with Crippen molar-refractivity contribution in [3.8, 4) is 0 Å². The maximum atomic E-state index is 12.2. The maximum Gasteiger partial charge on any atom is 0.411 e. The Labute approximate surface area is 119 Å². The van der Waals surface area contributed by atoms with Crippen molar-refractivity contribution in [1.82, 2.24) is 5.32 Å². The number of ether oxygens (including phenoxy) is 1. The van der Waals surface area contributed by atoms with E-state index in [-0.39, 0.29) is 6.10 Å². The van der Waals surface area contributed by atoms with Gasteiger partial charge >= 0.3 is 6.18 Å². The van der Waals surface area contributed by atoms with Crippen LogP contribution in [0.25, 0.3) is 0 Å². The van der Waals surface area contributed by atoms with E-state index in [2.05, 4.69) is 5.32 Å². The van der Waals surface area contributed by atoms with Gasteiger partial charge < -0.3 is 10.1 Å². The summed E-state index contributed by atoms with van der Waals surface area (Å²) in [5, 5.41) is 3.66. The molecule has 1 N–H and O–H groups in total. The first-order chi connectivity index (χ1) is 9.53. The van der Waals surface area contributed by atoms with Gasteiger partial charge in [-0.05, 0) is 38.5 Å². The third-order valence-corrected chi connectivity index (χ3v) is 4.44. The lowest BCUT2D eigenvalue weighted by Crippen LogP contribution is -2.43. The van der Waals surface area contributed by atoms with Crippen LogP contribution in [0.1, 0.15) is 64.2 Å². The fraction of sp³-hybridized carbons (Fsp3) is 1.00. The molecule has 2 aliphatic rings. The minimum absolute atomic E-state index is 0.228. The Balaban J connectivity index is 1.72. The van der Waals surface area contributed by atoms with Crippen molar-refractivity contribution in [2.45, 2.75) is 88.6 Å². The van der Waals surface area contributed by atoms with Gasteiger partial charge in [0.25, 0.3) is 0 Å². The molecule has 2 fully saturated rings. The molecule has 0 aromatic carbocycles. The van der Waals surface area contributed by atoms with E-state index in [1.807, 2.05) is 0 Å². The highest BCUT2D eigenvalue weighted by atomic mass is 19.4. The Bertz CT molecular complexity index is 275. The first-order valence-corrected chi connectivity index (χ1v) is 7.97. The van der Waals surface area contributed by atoms with E-state index in [9.17, 15) is 13.2 Å². The SMILES string of the molecule is FC(F)(F)COC1CCCC(NC2CCCCCC2)C1. The van der Waals surface area contributed by atoms with Crippen molar-refractivity contribution >= 4 is 0 Å². The van der Waals surface area contributed by atoms with Crippen LogP contribution in [0.2, 0.25) is 0 Å². The van der Waals surface area contributed by atoms with Gasteiger partial charge in [0, 0.05) is 12.1 Å². The molecule has 0 spiro atoms. The van der Waals surface area contributed by atoms with Gasteiger partial charge in [0.1, 0.15) is 6.61 Å². The van der Waals surface area contributed by atoms with Crippen LogP contribution in [0.15, 0.2) is 0 Å². The topological polar surface area (TPSA) is 21.3 Å². The Morgan fingerprint density at radius 1 is 0.850 bits per heavy atom. The second-order valence-corrected chi connectivity index (χ2v) is 6.27. The van der Waals surface area contributed by atoms with E-state index in [0.717, 1.165) is 25.7 Å². The van der Waals surface area contributed by atoms with Crippen molar-refractivity contribution < 1.29 is 17.9 Å². The Morgan fingerprint density at radius 3 is 2.15 bits per heavy atom. The summed E-state index contributed by atoms with van der Waals surface area (Å²) >= 11 is 0. The second kappa shape index (κ2) is 7.64. The average molecular weight is 293 g/mol. The monoisotopic (exact) mass is 293 g/mol. The molecule has 2 atom stereocenters. The highest BCUT2D eigenvalue weighted by molar-refractivity contribution is 4.82. The van der Waals surface area contributed by atoms with Crippen LogP contribution >= 0.6 is 0 Å². The molecule has 0 saturated heterocycles. The number of hydrogen-bond donors (Lipinski definition) is 1. The van der Waals surface area contributed by atoms with Crippen LogP contribution in [-0.4, -0.2) is 31.0 Å². The zero-order chi connectivity index (χ0) is 14.4. The third kappa shape index (κ3) is 6.00. The predicted molar refractivity (Wildman–Crippen MR) is 72.7 cm³/mol. The van der Waals surface area contributed by atoms with E-state index in [1.165, 1.54) is 38.5 Å². The number of hydrogen-bond acceptors (Lipinski definition) is 2. The highest BCUT2D eigenvalue weighted by Gasteiger charge is 2.31. The van der Waals surface area contributed by atoms with Crippen LogP contribution in [0.4, 0.5) is 13.2 Å². The van der Waals surface area contributed by atoms with Crippen LogP contribution in [0.5, 0.6) is 0 Å².